The Kier molecular flexibility index (Phi) is 4.60. The molecule has 1 fully saturated rings. The zero-order valence-corrected chi connectivity index (χ0v) is 11.6. The van der Waals surface area contributed by atoms with E-state index in [1.54, 1.807) is 11.8 Å². The molecule has 0 radical (unpaired) electrons. The van der Waals surface area contributed by atoms with Gasteiger partial charge in [0.1, 0.15) is 17.1 Å². The molecule has 1 aliphatic heterocycles. The summed E-state index contributed by atoms with van der Waals surface area (Å²) < 4.78 is 13.8. The average molecular weight is 281 g/mol. The first kappa shape index (κ1) is 14.8. The Balaban J connectivity index is 2.25. The van der Waals surface area contributed by atoms with Crippen molar-refractivity contribution in [3.63, 3.8) is 0 Å². The molecule has 110 valence electrons. The Morgan fingerprint density at radius 1 is 1.50 bits per heavy atom. The van der Waals surface area contributed by atoms with Crippen molar-refractivity contribution < 1.29 is 19.4 Å². The molecule has 0 saturated carbocycles. The zero-order valence-electron chi connectivity index (χ0n) is 11.6. The highest BCUT2D eigenvalue weighted by Gasteiger charge is 2.31. The molecule has 4 nitrogen and oxygen atoms in total. The summed E-state index contributed by atoms with van der Waals surface area (Å²) in [7, 11) is 0. The molecule has 2 rings (SSSR count). The van der Waals surface area contributed by atoms with Crippen LogP contribution in [0.5, 0.6) is 5.75 Å². The van der Waals surface area contributed by atoms with Gasteiger partial charge in [-0.05, 0) is 44.7 Å². The molecule has 1 saturated heterocycles. The molecule has 1 aliphatic rings. The van der Waals surface area contributed by atoms with Crippen LogP contribution in [0.1, 0.15) is 43.0 Å². The Bertz CT molecular complexity index is 470. The lowest BCUT2D eigenvalue weighted by Gasteiger charge is -2.36. The summed E-state index contributed by atoms with van der Waals surface area (Å²) >= 11 is 0. The van der Waals surface area contributed by atoms with Crippen molar-refractivity contribution in [3.8, 4) is 5.75 Å². The van der Waals surface area contributed by atoms with Gasteiger partial charge in [0, 0.05) is 12.6 Å². The van der Waals surface area contributed by atoms with Crippen molar-refractivity contribution in [3.05, 3.63) is 29.6 Å². The van der Waals surface area contributed by atoms with Gasteiger partial charge >= 0.3 is 0 Å². The average Bonchev–Trinajstić information content (AvgIpc) is 2.38. The van der Waals surface area contributed by atoms with E-state index in [-0.39, 0.29) is 17.4 Å². The number of piperidine rings is 1. The lowest BCUT2D eigenvalue weighted by Crippen LogP contribution is -2.45. The molecule has 2 atom stereocenters. The highest BCUT2D eigenvalue weighted by Crippen LogP contribution is 2.27. The van der Waals surface area contributed by atoms with Crippen molar-refractivity contribution in [2.45, 2.75) is 44.8 Å². The first-order chi connectivity index (χ1) is 9.50. The first-order valence-corrected chi connectivity index (χ1v) is 6.97. The minimum Gasteiger partial charge on any atom is -0.507 e. The zero-order chi connectivity index (χ0) is 14.7. The minimum absolute atomic E-state index is 0.102. The summed E-state index contributed by atoms with van der Waals surface area (Å²) in [4.78, 5) is 14.1. The summed E-state index contributed by atoms with van der Waals surface area (Å²) in [6.45, 7) is 2.21. The van der Waals surface area contributed by atoms with Gasteiger partial charge in [-0.3, -0.25) is 4.79 Å². The van der Waals surface area contributed by atoms with Crippen molar-refractivity contribution >= 4 is 5.91 Å². The SMILES string of the molecule is CC(O)CC1CCCCN1C(=O)c1c(O)cccc1F. The van der Waals surface area contributed by atoms with Gasteiger partial charge in [0.2, 0.25) is 0 Å². The second-order valence-electron chi connectivity index (χ2n) is 5.37. The van der Waals surface area contributed by atoms with Crippen LogP contribution in [0.2, 0.25) is 0 Å². The molecule has 0 bridgehead atoms. The number of aromatic hydroxyl groups is 1. The number of halogens is 1. The maximum absolute atomic E-state index is 13.8. The number of carbonyl (C=O) groups excluding carboxylic acids is 1. The highest BCUT2D eigenvalue weighted by atomic mass is 19.1. The van der Waals surface area contributed by atoms with Crippen molar-refractivity contribution in [1.82, 2.24) is 4.90 Å². The molecule has 20 heavy (non-hydrogen) atoms. The van der Waals surface area contributed by atoms with E-state index in [4.69, 9.17) is 0 Å². The number of phenolic OH excluding ortho intramolecular Hbond substituents is 1. The van der Waals surface area contributed by atoms with Crippen LogP contribution in [-0.4, -0.2) is 39.7 Å². The lowest BCUT2D eigenvalue weighted by molar-refractivity contribution is 0.0508. The molecule has 2 N–H and O–H groups in total. The molecule has 0 aliphatic carbocycles. The maximum atomic E-state index is 13.8. The van der Waals surface area contributed by atoms with E-state index in [0.717, 1.165) is 19.3 Å². The fourth-order valence-electron chi connectivity index (χ4n) is 2.77. The Hall–Kier alpha value is -1.62. The number of phenols is 1. The number of aliphatic hydroxyl groups excluding tert-OH is 1. The molecule has 1 aromatic rings. The standard InChI is InChI=1S/C15H20FNO3/c1-10(18)9-11-5-2-3-8-17(11)15(20)14-12(16)6-4-7-13(14)19/h4,6-7,10-11,18-19H,2-3,5,8-9H2,1H3. The molecule has 1 amide bonds. The summed E-state index contributed by atoms with van der Waals surface area (Å²) in [6, 6.07) is 3.74. The molecule has 1 heterocycles. The number of amides is 1. The van der Waals surface area contributed by atoms with Gasteiger partial charge in [0.05, 0.1) is 6.10 Å². The molecule has 1 aromatic carbocycles. The van der Waals surface area contributed by atoms with Crippen molar-refractivity contribution in [2.75, 3.05) is 6.54 Å². The largest absolute Gasteiger partial charge is 0.507 e. The van der Waals surface area contributed by atoms with Crippen LogP contribution >= 0.6 is 0 Å². The van der Waals surface area contributed by atoms with Gasteiger partial charge in [-0.25, -0.2) is 4.39 Å². The normalized spacial score (nSPS) is 20.8. The van der Waals surface area contributed by atoms with E-state index in [2.05, 4.69) is 0 Å². The smallest absolute Gasteiger partial charge is 0.260 e. The summed E-state index contributed by atoms with van der Waals surface area (Å²) in [5.74, 6) is -1.54. The summed E-state index contributed by atoms with van der Waals surface area (Å²) in [6.07, 6.45) is 2.61. The predicted molar refractivity (Wildman–Crippen MR) is 73.0 cm³/mol. The van der Waals surface area contributed by atoms with E-state index >= 15 is 0 Å². The quantitative estimate of drug-likeness (QED) is 0.893. The number of aliphatic hydroxyl groups is 1. The third-order valence-electron chi connectivity index (χ3n) is 3.71. The number of hydrogen-bond donors (Lipinski definition) is 2. The molecule has 2 unspecified atom stereocenters. The highest BCUT2D eigenvalue weighted by molar-refractivity contribution is 5.97. The Labute approximate surface area is 117 Å². The van der Waals surface area contributed by atoms with Crippen molar-refractivity contribution in [2.24, 2.45) is 0 Å². The Morgan fingerprint density at radius 3 is 2.90 bits per heavy atom. The van der Waals surface area contributed by atoms with Crippen LogP contribution in [0, 0.1) is 5.82 Å². The number of rotatable bonds is 3. The van der Waals surface area contributed by atoms with Crippen LogP contribution in [0.3, 0.4) is 0 Å². The topological polar surface area (TPSA) is 60.8 Å². The number of benzene rings is 1. The third kappa shape index (κ3) is 3.10. The molecule has 0 spiro atoms. The molecular weight excluding hydrogens is 261 g/mol. The first-order valence-electron chi connectivity index (χ1n) is 6.97. The number of hydrogen-bond acceptors (Lipinski definition) is 3. The van der Waals surface area contributed by atoms with Gasteiger partial charge in [0.15, 0.2) is 0 Å². The van der Waals surface area contributed by atoms with E-state index in [1.165, 1.54) is 18.2 Å². The van der Waals surface area contributed by atoms with Gasteiger partial charge < -0.3 is 15.1 Å². The van der Waals surface area contributed by atoms with Gasteiger partial charge in [0.25, 0.3) is 5.91 Å². The van der Waals surface area contributed by atoms with Gasteiger partial charge in [-0.15, -0.1) is 0 Å². The maximum Gasteiger partial charge on any atom is 0.260 e. The number of likely N-dealkylation sites (tertiary alicyclic amines) is 1. The van der Waals surface area contributed by atoms with Crippen LogP contribution in [0.4, 0.5) is 4.39 Å². The lowest BCUT2D eigenvalue weighted by atomic mass is 9.96. The van der Waals surface area contributed by atoms with Crippen LogP contribution < -0.4 is 0 Å². The third-order valence-corrected chi connectivity index (χ3v) is 3.71. The minimum atomic E-state index is -0.712. The monoisotopic (exact) mass is 281 g/mol. The van der Waals surface area contributed by atoms with E-state index in [0.29, 0.717) is 13.0 Å². The predicted octanol–water partition coefficient (Wildman–Crippen LogP) is 2.30. The molecule has 5 heteroatoms. The summed E-state index contributed by atoms with van der Waals surface area (Å²) in [5.41, 5.74) is -0.273. The summed E-state index contributed by atoms with van der Waals surface area (Å²) in [5, 5.41) is 19.2. The molecular formula is C15H20FNO3. The number of carbonyl (C=O) groups is 1. The van der Waals surface area contributed by atoms with E-state index < -0.39 is 17.8 Å². The molecule has 0 aromatic heterocycles. The van der Waals surface area contributed by atoms with Crippen LogP contribution in [0.15, 0.2) is 18.2 Å². The fourth-order valence-corrected chi connectivity index (χ4v) is 2.77. The fraction of sp³-hybridized carbons (Fsp3) is 0.533. The van der Waals surface area contributed by atoms with E-state index in [9.17, 15) is 19.4 Å². The second kappa shape index (κ2) is 6.22. The van der Waals surface area contributed by atoms with Crippen LogP contribution in [-0.2, 0) is 0 Å². The van der Waals surface area contributed by atoms with Gasteiger partial charge in [-0.2, -0.15) is 0 Å². The van der Waals surface area contributed by atoms with Gasteiger partial charge in [-0.1, -0.05) is 6.07 Å². The van der Waals surface area contributed by atoms with Crippen molar-refractivity contribution in [1.29, 1.82) is 0 Å². The van der Waals surface area contributed by atoms with Crippen LogP contribution in [0.25, 0.3) is 0 Å². The van der Waals surface area contributed by atoms with E-state index in [1.807, 2.05) is 0 Å². The number of nitrogens with zero attached hydrogens (tertiary/aromatic N) is 1. The second-order valence-corrected chi connectivity index (χ2v) is 5.37. The Morgan fingerprint density at radius 2 is 2.25 bits per heavy atom.